The number of aliphatic imine (C=N–C) groups is 1. The highest BCUT2D eigenvalue weighted by Gasteiger charge is 2.12. The lowest BCUT2D eigenvalue weighted by Crippen LogP contribution is -2.41. The maximum atomic E-state index is 4.39. The molecule has 1 atom stereocenters. The summed E-state index contributed by atoms with van der Waals surface area (Å²) in [6.07, 6.45) is 5.57. The van der Waals surface area contributed by atoms with Crippen LogP contribution in [0.2, 0.25) is 0 Å². The molecule has 16 heavy (non-hydrogen) atoms. The predicted molar refractivity (Wildman–Crippen MR) is 67.8 cm³/mol. The van der Waals surface area contributed by atoms with Gasteiger partial charge in [0.15, 0.2) is 5.96 Å². The van der Waals surface area contributed by atoms with Crippen LogP contribution in [-0.2, 0) is 0 Å². The predicted octanol–water partition coefficient (Wildman–Crippen LogP) is 0.800. The first-order valence-electron chi connectivity index (χ1n) is 6.62. The van der Waals surface area contributed by atoms with Crippen LogP contribution < -0.4 is 10.6 Å². The third kappa shape index (κ3) is 3.67. The van der Waals surface area contributed by atoms with Crippen molar-refractivity contribution < 1.29 is 0 Å². The summed E-state index contributed by atoms with van der Waals surface area (Å²) in [6.45, 7) is 7.78. The Balaban J connectivity index is 1.60. The van der Waals surface area contributed by atoms with Gasteiger partial charge < -0.3 is 15.5 Å². The van der Waals surface area contributed by atoms with Crippen LogP contribution in [0.5, 0.6) is 0 Å². The molecule has 4 heteroatoms. The fourth-order valence-corrected chi connectivity index (χ4v) is 2.35. The van der Waals surface area contributed by atoms with Gasteiger partial charge in [0, 0.05) is 19.1 Å². The van der Waals surface area contributed by atoms with E-state index in [-0.39, 0.29) is 0 Å². The molecule has 0 aromatic heterocycles. The van der Waals surface area contributed by atoms with Gasteiger partial charge in [0.1, 0.15) is 0 Å². The maximum Gasteiger partial charge on any atom is 0.191 e. The van der Waals surface area contributed by atoms with Crippen molar-refractivity contribution >= 4 is 5.96 Å². The summed E-state index contributed by atoms with van der Waals surface area (Å²) in [5, 5.41) is 6.70. The van der Waals surface area contributed by atoms with Gasteiger partial charge in [-0.1, -0.05) is 12.8 Å². The SMILES string of the molecule is CC1CN=C(NCCN2CCCCCC2)N1. The highest BCUT2D eigenvalue weighted by molar-refractivity contribution is 5.81. The molecule has 1 unspecified atom stereocenters. The minimum atomic E-state index is 0.501. The molecule has 2 aliphatic rings. The van der Waals surface area contributed by atoms with Crippen LogP contribution in [-0.4, -0.2) is 49.6 Å². The molecule has 0 aromatic carbocycles. The topological polar surface area (TPSA) is 39.7 Å². The molecule has 4 nitrogen and oxygen atoms in total. The van der Waals surface area contributed by atoms with E-state index in [0.29, 0.717) is 6.04 Å². The smallest absolute Gasteiger partial charge is 0.191 e. The lowest BCUT2D eigenvalue weighted by Gasteiger charge is -2.20. The van der Waals surface area contributed by atoms with Crippen LogP contribution in [0, 0.1) is 0 Å². The summed E-state index contributed by atoms with van der Waals surface area (Å²) in [5.74, 6) is 0.988. The van der Waals surface area contributed by atoms with Gasteiger partial charge in [-0.05, 0) is 32.9 Å². The maximum absolute atomic E-state index is 4.39. The van der Waals surface area contributed by atoms with Crippen LogP contribution in [0.3, 0.4) is 0 Å². The first kappa shape index (κ1) is 11.7. The number of nitrogens with one attached hydrogen (secondary N) is 2. The zero-order valence-corrected chi connectivity index (χ0v) is 10.3. The van der Waals surface area contributed by atoms with Gasteiger partial charge >= 0.3 is 0 Å². The first-order valence-corrected chi connectivity index (χ1v) is 6.62. The van der Waals surface area contributed by atoms with Crippen molar-refractivity contribution in [2.45, 2.75) is 38.6 Å². The van der Waals surface area contributed by atoms with Crippen molar-refractivity contribution in [1.82, 2.24) is 15.5 Å². The number of hydrogen-bond donors (Lipinski definition) is 2. The summed E-state index contributed by atoms with van der Waals surface area (Å²) < 4.78 is 0. The molecule has 2 aliphatic heterocycles. The monoisotopic (exact) mass is 224 g/mol. The summed E-state index contributed by atoms with van der Waals surface area (Å²) in [5.41, 5.74) is 0. The summed E-state index contributed by atoms with van der Waals surface area (Å²) in [6, 6.07) is 0.501. The van der Waals surface area contributed by atoms with Crippen LogP contribution in [0.4, 0.5) is 0 Å². The normalized spacial score (nSPS) is 27.1. The highest BCUT2D eigenvalue weighted by Crippen LogP contribution is 2.08. The van der Waals surface area contributed by atoms with E-state index in [1.54, 1.807) is 0 Å². The van der Waals surface area contributed by atoms with E-state index in [1.165, 1.54) is 38.8 Å². The molecule has 92 valence electrons. The first-order chi connectivity index (χ1) is 7.84. The van der Waals surface area contributed by atoms with Crippen LogP contribution in [0.25, 0.3) is 0 Å². The molecule has 0 aromatic rings. The van der Waals surface area contributed by atoms with Crippen LogP contribution >= 0.6 is 0 Å². The highest BCUT2D eigenvalue weighted by atomic mass is 15.2. The Hall–Kier alpha value is -0.770. The standard InChI is InChI=1S/C12H24N4/c1-11-10-14-12(15-11)13-6-9-16-7-4-2-3-5-8-16/h11H,2-10H2,1H3,(H2,13,14,15). The Morgan fingerprint density at radius 2 is 2.06 bits per heavy atom. The molecule has 2 rings (SSSR count). The minimum absolute atomic E-state index is 0.501. The van der Waals surface area contributed by atoms with Gasteiger partial charge in [0.05, 0.1) is 6.54 Å². The molecule has 2 N–H and O–H groups in total. The van der Waals surface area contributed by atoms with E-state index >= 15 is 0 Å². The van der Waals surface area contributed by atoms with Crippen molar-refractivity contribution in [2.75, 3.05) is 32.7 Å². The van der Waals surface area contributed by atoms with Crippen LogP contribution in [0.15, 0.2) is 4.99 Å². The molecule has 0 aliphatic carbocycles. The zero-order chi connectivity index (χ0) is 11.2. The molecular formula is C12H24N4. The van der Waals surface area contributed by atoms with Gasteiger partial charge in [0.2, 0.25) is 0 Å². The van der Waals surface area contributed by atoms with Gasteiger partial charge in [-0.3, -0.25) is 4.99 Å². The van der Waals surface area contributed by atoms with E-state index in [2.05, 4.69) is 27.4 Å². The third-order valence-electron chi connectivity index (χ3n) is 3.33. The number of nitrogens with zero attached hydrogens (tertiary/aromatic N) is 2. The van der Waals surface area contributed by atoms with Gasteiger partial charge in [-0.2, -0.15) is 0 Å². The molecule has 0 amide bonds. The fourth-order valence-electron chi connectivity index (χ4n) is 2.35. The van der Waals surface area contributed by atoms with Gasteiger partial charge in [0.25, 0.3) is 0 Å². The third-order valence-corrected chi connectivity index (χ3v) is 3.33. The molecule has 1 saturated heterocycles. The largest absolute Gasteiger partial charge is 0.355 e. The average Bonchev–Trinajstić information content (AvgIpc) is 2.54. The molecular weight excluding hydrogens is 200 g/mol. The van der Waals surface area contributed by atoms with E-state index in [1.807, 2.05) is 0 Å². The number of likely N-dealkylation sites (tertiary alicyclic amines) is 1. The van der Waals surface area contributed by atoms with Gasteiger partial charge in [-0.25, -0.2) is 0 Å². The fraction of sp³-hybridized carbons (Fsp3) is 0.917. The molecule has 2 heterocycles. The molecule has 1 fully saturated rings. The summed E-state index contributed by atoms with van der Waals surface area (Å²) in [7, 11) is 0. The Bertz CT molecular complexity index is 231. The van der Waals surface area contributed by atoms with Crippen molar-refractivity contribution in [3.8, 4) is 0 Å². The van der Waals surface area contributed by atoms with Crippen molar-refractivity contribution in [3.05, 3.63) is 0 Å². The van der Waals surface area contributed by atoms with E-state index in [4.69, 9.17) is 0 Å². The lowest BCUT2D eigenvalue weighted by molar-refractivity contribution is 0.289. The second-order valence-corrected chi connectivity index (χ2v) is 4.92. The Labute approximate surface area is 98.5 Å². The average molecular weight is 224 g/mol. The molecule has 0 bridgehead atoms. The van der Waals surface area contributed by atoms with Crippen LogP contribution in [0.1, 0.15) is 32.6 Å². The number of guanidine groups is 1. The van der Waals surface area contributed by atoms with Gasteiger partial charge in [-0.15, -0.1) is 0 Å². The summed E-state index contributed by atoms with van der Waals surface area (Å²) >= 11 is 0. The van der Waals surface area contributed by atoms with E-state index in [9.17, 15) is 0 Å². The number of hydrogen-bond acceptors (Lipinski definition) is 4. The Kier molecular flexibility index (Phi) is 4.45. The molecule has 0 spiro atoms. The Morgan fingerprint density at radius 1 is 1.31 bits per heavy atom. The second-order valence-electron chi connectivity index (χ2n) is 4.92. The Morgan fingerprint density at radius 3 is 2.69 bits per heavy atom. The van der Waals surface area contributed by atoms with Crippen molar-refractivity contribution in [3.63, 3.8) is 0 Å². The van der Waals surface area contributed by atoms with E-state index < -0.39 is 0 Å². The van der Waals surface area contributed by atoms with Crippen molar-refractivity contribution in [1.29, 1.82) is 0 Å². The molecule has 0 saturated carbocycles. The molecule has 0 radical (unpaired) electrons. The number of rotatable bonds is 3. The second kappa shape index (κ2) is 6.09. The minimum Gasteiger partial charge on any atom is -0.355 e. The lowest BCUT2D eigenvalue weighted by atomic mass is 10.2. The quantitative estimate of drug-likeness (QED) is 0.745. The zero-order valence-electron chi connectivity index (χ0n) is 10.3. The van der Waals surface area contributed by atoms with Crippen molar-refractivity contribution in [2.24, 2.45) is 4.99 Å². The van der Waals surface area contributed by atoms with E-state index in [0.717, 1.165) is 25.6 Å². The summed E-state index contributed by atoms with van der Waals surface area (Å²) in [4.78, 5) is 6.96.